The van der Waals surface area contributed by atoms with Crippen molar-refractivity contribution in [1.82, 2.24) is 5.48 Å². The topological polar surface area (TPSA) is 220 Å². The van der Waals surface area contributed by atoms with E-state index in [9.17, 15) is 45.3 Å². The molecule has 1 aliphatic rings. The zero-order chi connectivity index (χ0) is 25.6. The number of nitrogens with zero attached hydrogens (tertiary/aromatic N) is 4. The molecule has 0 bridgehead atoms. The number of rotatable bonds is 9. The third-order valence-corrected chi connectivity index (χ3v) is 4.62. The number of methoxy groups -OCH3 is 1. The molecule has 0 saturated carbocycles. The first-order valence-corrected chi connectivity index (χ1v) is 9.21. The minimum atomic E-state index is -1.01. The Bertz CT molecular complexity index is 1090. The highest BCUT2D eigenvalue weighted by atomic mass is 16.6. The van der Waals surface area contributed by atoms with Crippen molar-refractivity contribution in [3.05, 3.63) is 75.8 Å². The molecule has 0 unspecified atom stereocenters. The second kappa shape index (κ2) is 10.9. The van der Waals surface area contributed by atoms with Crippen LogP contribution in [0.2, 0.25) is 0 Å². The molecule has 0 heterocycles. The van der Waals surface area contributed by atoms with Crippen LogP contribution in [0.5, 0.6) is 0 Å². The number of nitro groups is 4. The standard InChI is InChI=1S/C16H11N5O10.C2H6O/c22-1-2-31-17-7-12-10-3-8(18(23)24)5-13(20(27)28)15(10)16-11(12)4-9(19(25)26)6-14(16)21(29)30;1-3-2/h1,3-6,12,17H,2,7H2;1-2H3. The Hall–Kier alpha value is -4.41. The van der Waals surface area contributed by atoms with E-state index in [-0.39, 0.29) is 35.4 Å². The molecule has 0 aliphatic heterocycles. The summed E-state index contributed by atoms with van der Waals surface area (Å²) < 4.78 is 4.25. The number of carbonyl (C=O) groups excluding carboxylic acids is 1. The first-order valence-electron chi connectivity index (χ1n) is 9.21. The molecule has 1 aliphatic carbocycles. The number of carbonyl (C=O) groups is 1. The molecule has 0 saturated heterocycles. The number of non-ortho nitro benzene ring substituents is 2. The highest BCUT2D eigenvalue weighted by Gasteiger charge is 2.42. The van der Waals surface area contributed by atoms with Crippen molar-refractivity contribution in [2.24, 2.45) is 0 Å². The number of benzene rings is 2. The van der Waals surface area contributed by atoms with Crippen molar-refractivity contribution in [1.29, 1.82) is 0 Å². The van der Waals surface area contributed by atoms with Crippen molar-refractivity contribution in [2.45, 2.75) is 5.92 Å². The highest BCUT2D eigenvalue weighted by Crippen LogP contribution is 2.54. The van der Waals surface area contributed by atoms with Crippen LogP contribution in [0.4, 0.5) is 22.7 Å². The van der Waals surface area contributed by atoms with E-state index in [2.05, 4.69) is 10.2 Å². The van der Waals surface area contributed by atoms with Crippen LogP contribution in [0.25, 0.3) is 11.1 Å². The van der Waals surface area contributed by atoms with Crippen molar-refractivity contribution >= 4 is 29.0 Å². The summed E-state index contributed by atoms with van der Waals surface area (Å²) in [6.45, 7) is -0.596. The quantitative estimate of drug-likeness (QED) is 0.237. The largest absolute Gasteiger partial charge is 0.388 e. The summed E-state index contributed by atoms with van der Waals surface area (Å²) in [4.78, 5) is 57.5. The van der Waals surface area contributed by atoms with Gasteiger partial charge in [0.05, 0.1) is 43.0 Å². The zero-order valence-electron chi connectivity index (χ0n) is 17.7. The maximum absolute atomic E-state index is 11.6. The third kappa shape index (κ3) is 5.14. The van der Waals surface area contributed by atoms with Gasteiger partial charge in [0, 0.05) is 38.8 Å². The fourth-order valence-electron chi connectivity index (χ4n) is 3.48. The molecule has 1 N–H and O–H groups in total. The number of fused-ring (bicyclic) bond motifs is 3. The Morgan fingerprint density at radius 3 is 1.56 bits per heavy atom. The molecule has 0 amide bonds. The minimum Gasteiger partial charge on any atom is -0.388 e. The molecule has 34 heavy (non-hydrogen) atoms. The molecular formula is C18H17N5O11. The lowest BCUT2D eigenvalue weighted by Crippen LogP contribution is -2.22. The van der Waals surface area contributed by atoms with E-state index in [1.54, 1.807) is 14.2 Å². The summed E-state index contributed by atoms with van der Waals surface area (Å²) in [6.07, 6.45) is 0.426. The second-order valence-corrected chi connectivity index (χ2v) is 6.67. The van der Waals surface area contributed by atoms with Crippen LogP contribution < -0.4 is 5.48 Å². The number of aldehydes is 1. The van der Waals surface area contributed by atoms with Gasteiger partial charge in [0.1, 0.15) is 12.9 Å². The first-order chi connectivity index (χ1) is 16.1. The Labute approximate surface area is 189 Å². The molecule has 0 fully saturated rings. The SMILES string of the molecule is COC.O=CCONCC1c2cc([N+](=O)[O-])cc([N+](=O)[O-])c2-c2c1cc([N+](=O)[O-])cc2[N+](=O)[O-]. The number of hydroxylamine groups is 1. The monoisotopic (exact) mass is 479 g/mol. The van der Waals surface area contributed by atoms with Gasteiger partial charge in [0.15, 0.2) is 0 Å². The van der Waals surface area contributed by atoms with Crippen molar-refractivity contribution in [3.8, 4) is 11.1 Å². The maximum atomic E-state index is 11.6. The summed E-state index contributed by atoms with van der Waals surface area (Å²) >= 11 is 0. The van der Waals surface area contributed by atoms with Gasteiger partial charge in [-0.1, -0.05) is 0 Å². The molecule has 16 heteroatoms. The lowest BCUT2D eigenvalue weighted by Gasteiger charge is -2.13. The summed E-state index contributed by atoms with van der Waals surface area (Å²) in [5, 5.41) is 45.8. The van der Waals surface area contributed by atoms with E-state index in [4.69, 9.17) is 4.84 Å². The predicted octanol–water partition coefficient (Wildman–Crippen LogP) is 2.41. The molecule has 0 radical (unpaired) electrons. The summed E-state index contributed by atoms with van der Waals surface area (Å²) in [5.41, 5.74) is -0.876. The average molecular weight is 479 g/mol. The molecule has 0 atom stereocenters. The predicted molar refractivity (Wildman–Crippen MR) is 113 cm³/mol. The molecule has 2 aromatic rings. The van der Waals surface area contributed by atoms with Gasteiger partial charge in [-0.05, 0) is 11.1 Å². The van der Waals surface area contributed by atoms with Crippen LogP contribution in [0, 0.1) is 40.5 Å². The number of nitrogens with one attached hydrogen (secondary N) is 1. The van der Waals surface area contributed by atoms with Crippen LogP contribution in [0.1, 0.15) is 17.0 Å². The second-order valence-electron chi connectivity index (χ2n) is 6.67. The molecule has 16 nitrogen and oxygen atoms in total. The summed E-state index contributed by atoms with van der Waals surface area (Å²) in [5.74, 6) is -1.01. The van der Waals surface area contributed by atoms with Crippen molar-refractivity contribution in [3.63, 3.8) is 0 Å². The van der Waals surface area contributed by atoms with Gasteiger partial charge in [0.2, 0.25) is 0 Å². The van der Waals surface area contributed by atoms with Gasteiger partial charge in [-0.2, -0.15) is 0 Å². The van der Waals surface area contributed by atoms with Gasteiger partial charge in [-0.15, -0.1) is 0 Å². The molecule has 2 aromatic carbocycles. The fourth-order valence-corrected chi connectivity index (χ4v) is 3.48. The van der Waals surface area contributed by atoms with Crippen LogP contribution in [0.15, 0.2) is 24.3 Å². The average Bonchev–Trinajstić information content (AvgIpc) is 3.09. The number of hydrogen-bond acceptors (Lipinski definition) is 12. The van der Waals surface area contributed by atoms with Gasteiger partial charge in [0.25, 0.3) is 22.7 Å². The molecule has 180 valence electrons. The van der Waals surface area contributed by atoms with Gasteiger partial charge in [-0.25, -0.2) is 5.48 Å². The van der Waals surface area contributed by atoms with Gasteiger partial charge in [-0.3, -0.25) is 45.3 Å². The van der Waals surface area contributed by atoms with E-state index < -0.39 is 48.4 Å². The molecular weight excluding hydrogens is 462 g/mol. The Morgan fingerprint density at radius 1 is 0.824 bits per heavy atom. The Kier molecular flexibility index (Phi) is 8.32. The van der Waals surface area contributed by atoms with Crippen LogP contribution >= 0.6 is 0 Å². The number of nitro benzene ring substituents is 4. The third-order valence-electron chi connectivity index (χ3n) is 4.62. The van der Waals surface area contributed by atoms with E-state index in [0.29, 0.717) is 18.4 Å². The number of ether oxygens (including phenoxy) is 1. The van der Waals surface area contributed by atoms with Crippen molar-refractivity contribution in [2.75, 3.05) is 27.4 Å². The van der Waals surface area contributed by atoms with E-state index in [0.717, 1.165) is 12.1 Å². The molecule has 0 spiro atoms. The zero-order valence-corrected chi connectivity index (χ0v) is 17.7. The smallest absolute Gasteiger partial charge is 0.284 e. The molecule has 0 aromatic heterocycles. The lowest BCUT2D eigenvalue weighted by atomic mass is 9.96. The van der Waals surface area contributed by atoms with Crippen molar-refractivity contribution < 1.29 is 34.1 Å². The Morgan fingerprint density at radius 2 is 1.24 bits per heavy atom. The molecule has 3 rings (SSSR count). The van der Waals surface area contributed by atoms with Gasteiger partial charge < -0.3 is 9.53 Å². The van der Waals surface area contributed by atoms with Crippen LogP contribution in [-0.2, 0) is 14.4 Å². The van der Waals surface area contributed by atoms with E-state index in [1.807, 2.05) is 0 Å². The fraction of sp³-hybridized carbons (Fsp3) is 0.278. The lowest BCUT2D eigenvalue weighted by molar-refractivity contribution is -0.395. The van der Waals surface area contributed by atoms with Crippen LogP contribution in [-0.4, -0.2) is 53.4 Å². The number of hydrogen-bond donors (Lipinski definition) is 1. The highest BCUT2D eigenvalue weighted by molar-refractivity contribution is 5.93. The summed E-state index contributed by atoms with van der Waals surface area (Å²) in [7, 11) is 3.25. The summed E-state index contributed by atoms with van der Waals surface area (Å²) in [6, 6.07) is 3.38. The van der Waals surface area contributed by atoms with Gasteiger partial charge >= 0.3 is 0 Å². The normalized spacial score (nSPS) is 11.6. The first kappa shape index (κ1) is 25.8. The maximum Gasteiger partial charge on any atom is 0.284 e. The van der Waals surface area contributed by atoms with E-state index >= 15 is 0 Å². The van der Waals surface area contributed by atoms with Crippen LogP contribution in [0.3, 0.4) is 0 Å². The van der Waals surface area contributed by atoms with E-state index in [1.165, 1.54) is 0 Å². The Balaban J connectivity index is 0.00000129. The minimum absolute atomic E-state index is 0.0123.